The van der Waals surface area contributed by atoms with Crippen LogP contribution in [0.25, 0.3) is 0 Å². The summed E-state index contributed by atoms with van der Waals surface area (Å²) in [5, 5.41) is 15.5. The van der Waals surface area contributed by atoms with Crippen molar-refractivity contribution in [2.45, 2.75) is 69.5 Å². The van der Waals surface area contributed by atoms with Gasteiger partial charge in [0.25, 0.3) is 0 Å². The lowest BCUT2D eigenvalue weighted by Crippen LogP contribution is -2.48. The summed E-state index contributed by atoms with van der Waals surface area (Å²) in [6.07, 6.45) is 6.38. The number of hydrogen-bond donors (Lipinski definition) is 2. The number of hydrogen-bond acceptors (Lipinski definition) is 3. The van der Waals surface area contributed by atoms with Gasteiger partial charge in [-0.15, -0.1) is 0 Å². The molecule has 2 heterocycles. The SMILES string of the molecule is CC(C)C1CC(CNC(=O)N[C@@H]2C[C@@H]3CC[C@H]2N3C#N)c2ccccc21. The first-order valence-corrected chi connectivity index (χ1v) is 9.89. The Kier molecular flexibility index (Phi) is 4.52. The number of nitrogens with zero attached hydrogens (tertiary/aromatic N) is 2. The van der Waals surface area contributed by atoms with Crippen molar-refractivity contribution in [1.29, 1.82) is 5.26 Å². The fourth-order valence-electron chi connectivity index (χ4n) is 5.34. The molecule has 2 saturated heterocycles. The summed E-state index contributed by atoms with van der Waals surface area (Å²) in [5.74, 6) is 1.58. The second kappa shape index (κ2) is 6.83. The van der Waals surface area contributed by atoms with Crippen LogP contribution in [0.3, 0.4) is 0 Å². The van der Waals surface area contributed by atoms with E-state index in [0.717, 1.165) is 25.7 Å². The maximum Gasteiger partial charge on any atom is 0.315 e. The normalized spacial score (nSPS) is 31.8. The molecule has 2 bridgehead atoms. The highest BCUT2D eigenvalue weighted by molar-refractivity contribution is 5.74. The molecule has 2 fully saturated rings. The Balaban J connectivity index is 1.34. The lowest BCUT2D eigenvalue weighted by molar-refractivity contribution is 0.232. The summed E-state index contributed by atoms with van der Waals surface area (Å²) in [7, 11) is 0. The van der Waals surface area contributed by atoms with Crippen LogP contribution < -0.4 is 10.6 Å². The highest BCUT2D eigenvalue weighted by atomic mass is 16.2. The molecule has 2 aliphatic heterocycles. The van der Waals surface area contributed by atoms with E-state index in [4.69, 9.17) is 0 Å². The Bertz CT molecular complexity index is 725. The van der Waals surface area contributed by atoms with Gasteiger partial charge in [0.05, 0.1) is 12.1 Å². The van der Waals surface area contributed by atoms with Gasteiger partial charge in [-0.05, 0) is 48.6 Å². The topological polar surface area (TPSA) is 68.2 Å². The average molecular weight is 352 g/mol. The molecule has 0 spiro atoms. The minimum atomic E-state index is -0.0917. The van der Waals surface area contributed by atoms with E-state index in [9.17, 15) is 10.1 Å². The summed E-state index contributed by atoms with van der Waals surface area (Å²) in [6, 6.07) is 9.19. The van der Waals surface area contributed by atoms with E-state index in [1.54, 1.807) is 0 Å². The number of nitrogens with one attached hydrogen (secondary N) is 2. The van der Waals surface area contributed by atoms with Crippen LogP contribution >= 0.6 is 0 Å². The van der Waals surface area contributed by atoms with Crippen molar-refractivity contribution >= 4 is 6.03 Å². The fourth-order valence-corrected chi connectivity index (χ4v) is 5.34. The molecule has 1 aromatic carbocycles. The molecular weight excluding hydrogens is 324 g/mol. The molecule has 4 rings (SSSR count). The van der Waals surface area contributed by atoms with Crippen molar-refractivity contribution in [2.24, 2.45) is 5.92 Å². The van der Waals surface area contributed by atoms with Crippen molar-refractivity contribution in [2.75, 3.05) is 6.54 Å². The first kappa shape index (κ1) is 17.2. The number of carbonyl (C=O) groups excluding carboxylic acids is 1. The Hall–Kier alpha value is -2.22. The first-order chi connectivity index (χ1) is 12.6. The summed E-state index contributed by atoms with van der Waals surface area (Å²) in [6.45, 7) is 5.23. The first-order valence-electron chi connectivity index (χ1n) is 9.89. The van der Waals surface area contributed by atoms with E-state index in [-0.39, 0.29) is 18.1 Å². The van der Waals surface area contributed by atoms with Crippen molar-refractivity contribution in [3.8, 4) is 6.19 Å². The van der Waals surface area contributed by atoms with E-state index in [1.165, 1.54) is 11.1 Å². The summed E-state index contributed by atoms with van der Waals surface area (Å²) < 4.78 is 0. The van der Waals surface area contributed by atoms with Crippen molar-refractivity contribution in [1.82, 2.24) is 15.5 Å². The van der Waals surface area contributed by atoms with Gasteiger partial charge in [0.2, 0.25) is 0 Å². The number of fused-ring (bicyclic) bond motifs is 3. The lowest BCUT2D eigenvalue weighted by Gasteiger charge is -2.23. The molecule has 5 nitrogen and oxygen atoms in total. The van der Waals surface area contributed by atoms with Crippen LogP contribution in [-0.2, 0) is 0 Å². The molecule has 0 aromatic heterocycles. The highest BCUT2D eigenvalue weighted by Gasteiger charge is 2.46. The quantitative estimate of drug-likeness (QED) is 0.817. The van der Waals surface area contributed by atoms with Crippen LogP contribution in [0.1, 0.15) is 62.5 Å². The number of urea groups is 1. The molecular formula is C21H28N4O. The van der Waals surface area contributed by atoms with Gasteiger partial charge < -0.3 is 15.5 Å². The second-order valence-electron chi connectivity index (χ2n) is 8.41. The van der Waals surface area contributed by atoms with E-state index >= 15 is 0 Å². The molecule has 138 valence electrons. The monoisotopic (exact) mass is 352 g/mol. The van der Waals surface area contributed by atoms with Crippen molar-refractivity contribution in [3.63, 3.8) is 0 Å². The Labute approximate surface area is 155 Å². The summed E-state index contributed by atoms with van der Waals surface area (Å²) in [4.78, 5) is 14.3. The summed E-state index contributed by atoms with van der Waals surface area (Å²) >= 11 is 0. The second-order valence-corrected chi connectivity index (χ2v) is 8.41. The molecule has 0 saturated carbocycles. The maximum absolute atomic E-state index is 12.4. The van der Waals surface area contributed by atoms with Gasteiger partial charge in [-0.2, -0.15) is 5.26 Å². The number of amides is 2. The Morgan fingerprint density at radius 1 is 1.27 bits per heavy atom. The van der Waals surface area contributed by atoms with Crippen LogP contribution in [0.2, 0.25) is 0 Å². The van der Waals surface area contributed by atoms with Crippen molar-refractivity contribution < 1.29 is 4.79 Å². The molecule has 1 aromatic rings. The van der Waals surface area contributed by atoms with Gasteiger partial charge in [-0.3, -0.25) is 0 Å². The molecule has 26 heavy (non-hydrogen) atoms. The molecule has 5 atom stereocenters. The number of rotatable bonds is 4. The van der Waals surface area contributed by atoms with E-state index in [1.807, 2.05) is 4.90 Å². The Morgan fingerprint density at radius 3 is 2.73 bits per heavy atom. The molecule has 2 unspecified atom stereocenters. The zero-order chi connectivity index (χ0) is 18.3. The van der Waals surface area contributed by atoms with Crippen LogP contribution in [0.5, 0.6) is 0 Å². The third kappa shape index (κ3) is 2.92. The minimum Gasteiger partial charge on any atom is -0.338 e. The van der Waals surface area contributed by atoms with E-state index < -0.39 is 0 Å². The third-order valence-electron chi connectivity index (χ3n) is 6.66. The van der Waals surface area contributed by atoms with Gasteiger partial charge in [-0.25, -0.2) is 4.79 Å². The summed E-state index contributed by atoms with van der Waals surface area (Å²) in [5.41, 5.74) is 2.84. The molecule has 5 heteroatoms. The lowest BCUT2D eigenvalue weighted by atomic mass is 9.90. The Morgan fingerprint density at radius 2 is 2.04 bits per heavy atom. The third-order valence-corrected chi connectivity index (χ3v) is 6.66. The molecule has 1 aliphatic carbocycles. The number of benzene rings is 1. The number of carbonyl (C=O) groups is 1. The van der Waals surface area contributed by atoms with Gasteiger partial charge in [0, 0.05) is 18.5 Å². The van der Waals surface area contributed by atoms with Crippen LogP contribution in [0, 0.1) is 17.4 Å². The molecule has 2 amide bonds. The van der Waals surface area contributed by atoms with Gasteiger partial charge in [0.1, 0.15) is 0 Å². The highest BCUT2D eigenvalue weighted by Crippen LogP contribution is 2.45. The smallest absolute Gasteiger partial charge is 0.315 e. The largest absolute Gasteiger partial charge is 0.338 e. The predicted molar refractivity (Wildman–Crippen MR) is 101 cm³/mol. The van der Waals surface area contributed by atoms with Crippen LogP contribution in [0.4, 0.5) is 4.79 Å². The number of nitriles is 1. The van der Waals surface area contributed by atoms with Crippen LogP contribution in [-0.4, -0.2) is 35.6 Å². The molecule has 2 N–H and O–H groups in total. The zero-order valence-corrected chi connectivity index (χ0v) is 15.6. The zero-order valence-electron chi connectivity index (χ0n) is 15.6. The van der Waals surface area contributed by atoms with Gasteiger partial charge in [0.15, 0.2) is 6.19 Å². The maximum atomic E-state index is 12.4. The van der Waals surface area contributed by atoms with Crippen molar-refractivity contribution in [3.05, 3.63) is 35.4 Å². The van der Waals surface area contributed by atoms with Gasteiger partial charge in [-0.1, -0.05) is 38.1 Å². The minimum absolute atomic E-state index is 0.0917. The van der Waals surface area contributed by atoms with Crippen LogP contribution in [0.15, 0.2) is 24.3 Å². The molecule has 0 radical (unpaired) electrons. The molecule has 3 aliphatic rings. The standard InChI is InChI=1S/C21H28N4O/c1-13(2)18-9-14(16-5-3-4-6-17(16)18)11-23-21(26)24-19-10-15-7-8-20(19)25(15)12-22/h3-6,13-15,18-20H,7-11H2,1-2H3,(H2,23,24,26)/t14?,15-,18?,19+,20+/m0/s1. The predicted octanol–water partition coefficient (Wildman–Crippen LogP) is 3.30. The van der Waals surface area contributed by atoms with E-state index in [2.05, 4.69) is 54.9 Å². The fraction of sp³-hybridized carbons (Fsp3) is 0.619. The average Bonchev–Trinajstić information content (AvgIpc) is 3.30. The van der Waals surface area contributed by atoms with Gasteiger partial charge >= 0.3 is 6.03 Å². The van der Waals surface area contributed by atoms with E-state index in [0.29, 0.717) is 30.3 Å².